The molecule has 1 aromatic carbocycles. The highest BCUT2D eigenvalue weighted by Crippen LogP contribution is 2.38. The van der Waals surface area contributed by atoms with Gasteiger partial charge >= 0.3 is 0 Å². The Morgan fingerprint density at radius 1 is 1.16 bits per heavy atom. The van der Waals surface area contributed by atoms with Crippen LogP contribution >= 0.6 is 23.1 Å². The highest BCUT2D eigenvalue weighted by molar-refractivity contribution is 7.98. The van der Waals surface area contributed by atoms with E-state index in [0.717, 1.165) is 11.5 Å². The van der Waals surface area contributed by atoms with E-state index in [-0.39, 0.29) is 0 Å². The highest BCUT2D eigenvalue weighted by atomic mass is 32.2. The highest BCUT2D eigenvalue weighted by Gasteiger charge is 2.36. The average molecular weight is 286 g/mol. The molecule has 0 spiro atoms. The van der Waals surface area contributed by atoms with Gasteiger partial charge in [0.2, 0.25) is 0 Å². The molecule has 19 heavy (non-hydrogen) atoms. The van der Waals surface area contributed by atoms with Crippen LogP contribution in [0.2, 0.25) is 0 Å². The maximum absolute atomic E-state index is 4.66. The summed E-state index contributed by atoms with van der Waals surface area (Å²) in [5, 5.41) is 6.80. The lowest BCUT2D eigenvalue weighted by atomic mass is 9.90. The molecular weight excluding hydrogens is 272 g/mol. The zero-order chi connectivity index (χ0) is 12.7. The summed E-state index contributed by atoms with van der Waals surface area (Å²) in [5.41, 5.74) is 7.36. The van der Waals surface area contributed by atoms with E-state index in [1.165, 1.54) is 21.7 Å². The second-order valence-corrected chi connectivity index (χ2v) is 6.91. The van der Waals surface area contributed by atoms with Gasteiger partial charge in [-0.2, -0.15) is 16.9 Å². The number of benzene rings is 1. The van der Waals surface area contributed by atoms with E-state index in [1.54, 1.807) is 0 Å². The predicted molar refractivity (Wildman–Crippen MR) is 82.8 cm³/mol. The number of hydrazone groups is 1. The van der Waals surface area contributed by atoms with Crippen LogP contribution in [0, 0.1) is 5.92 Å². The van der Waals surface area contributed by atoms with Crippen molar-refractivity contribution in [1.29, 1.82) is 0 Å². The molecule has 2 aliphatic heterocycles. The summed E-state index contributed by atoms with van der Waals surface area (Å²) in [5.74, 6) is 2.73. The van der Waals surface area contributed by atoms with Crippen molar-refractivity contribution >= 4 is 28.8 Å². The molecule has 1 N–H and O–H groups in total. The minimum absolute atomic E-state index is 0.355. The maximum Gasteiger partial charge on any atom is 0.0874 e. The van der Waals surface area contributed by atoms with Gasteiger partial charge in [-0.05, 0) is 17.0 Å². The molecule has 0 radical (unpaired) electrons. The normalized spacial score (nSPS) is 24.9. The average Bonchev–Trinajstić information content (AvgIpc) is 3.05. The van der Waals surface area contributed by atoms with Gasteiger partial charge in [0.1, 0.15) is 0 Å². The van der Waals surface area contributed by atoms with Crippen molar-refractivity contribution in [2.24, 2.45) is 11.0 Å². The van der Waals surface area contributed by atoms with Crippen molar-refractivity contribution in [3.8, 4) is 0 Å². The minimum Gasteiger partial charge on any atom is -0.301 e. The zero-order valence-corrected chi connectivity index (χ0v) is 12.0. The van der Waals surface area contributed by atoms with Crippen LogP contribution < -0.4 is 5.43 Å². The molecule has 96 valence electrons. The summed E-state index contributed by atoms with van der Waals surface area (Å²) < 4.78 is 0. The van der Waals surface area contributed by atoms with Crippen molar-refractivity contribution in [3.63, 3.8) is 0 Å². The van der Waals surface area contributed by atoms with Crippen molar-refractivity contribution in [2.75, 3.05) is 5.75 Å². The molecule has 0 aliphatic carbocycles. The molecule has 0 amide bonds. The summed E-state index contributed by atoms with van der Waals surface area (Å²) in [4.78, 5) is 1.39. The first-order valence-corrected chi connectivity index (χ1v) is 8.49. The Balaban J connectivity index is 1.75. The summed E-state index contributed by atoms with van der Waals surface area (Å²) in [6, 6.07) is 13.4. The third kappa shape index (κ3) is 1.90. The molecule has 0 saturated heterocycles. The Morgan fingerprint density at radius 2 is 2.11 bits per heavy atom. The van der Waals surface area contributed by atoms with Gasteiger partial charge in [0, 0.05) is 27.9 Å². The van der Waals surface area contributed by atoms with Gasteiger partial charge in [0.25, 0.3) is 0 Å². The summed E-state index contributed by atoms with van der Waals surface area (Å²) in [7, 11) is 0. The van der Waals surface area contributed by atoms with Crippen molar-refractivity contribution in [1.82, 2.24) is 5.43 Å². The van der Waals surface area contributed by atoms with Crippen LogP contribution in [0.1, 0.15) is 22.0 Å². The van der Waals surface area contributed by atoms with Gasteiger partial charge in [-0.15, -0.1) is 11.3 Å². The molecule has 4 heteroatoms. The van der Waals surface area contributed by atoms with E-state index in [1.807, 2.05) is 23.1 Å². The van der Waals surface area contributed by atoms with Crippen LogP contribution in [0.5, 0.6) is 0 Å². The van der Waals surface area contributed by atoms with E-state index in [2.05, 4.69) is 52.3 Å². The first kappa shape index (κ1) is 11.6. The molecule has 0 saturated carbocycles. The topological polar surface area (TPSA) is 24.4 Å². The van der Waals surface area contributed by atoms with Crippen LogP contribution in [0.15, 0.2) is 46.9 Å². The third-order valence-electron chi connectivity index (χ3n) is 3.78. The van der Waals surface area contributed by atoms with Crippen LogP contribution in [-0.2, 0) is 5.75 Å². The largest absolute Gasteiger partial charge is 0.301 e. The van der Waals surface area contributed by atoms with E-state index in [0.29, 0.717) is 12.0 Å². The fourth-order valence-corrected chi connectivity index (χ4v) is 4.86. The summed E-state index contributed by atoms with van der Waals surface area (Å²) >= 11 is 3.84. The van der Waals surface area contributed by atoms with Gasteiger partial charge < -0.3 is 5.43 Å². The molecule has 1 aromatic heterocycles. The SMILES string of the molecule is c1csc([C@H]2NN=C3c4ccccc4CSC[C@H]32)c1. The number of fused-ring (bicyclic) bond motifs is 3. The Hall–Kier alpha value is -1.26. The van der Waals surface area contributed by atoms with E-state index >= 15 is 0 Å². The minimum atomic E-state index is 0.355. The first-order chi connectivity index (χ1) is 9.43. The quantitative estimate of drug-likeness (QED) is 0.865. The van der Waals surface area contributed by atoms with Crippen molar-refractivity contribution < 1.29 is 0 Å². The lowest BCUT2D eigenvalue weighted by Crippen LogP contribution is -2.22. The van der Waals surface area contributed by atoms with Crippen LogP contribution in [-0.4, -0.2) is 11.5 Å². The molecule has 2 aliphatic rings. The zero-order valence-electron chi connectivity index (χ0n) is 10.4. The number of thioether (sulfide) groups is 1. The number of hydrogen-bond acceptors (Lipinski definition) is 4. The van der Waals surface area contributed by atoms with E-state index in [9.17, 15) is 0 Å². The van der Waals surface area contributed by atoms with E-state index < -0.39 is 0 Å². The van der Waals surface area contributed by atoms with Crippen molar-refractivity contribution in [2.45, 2.75) is 11.8 Å². The van der Waals surface area contributed by atoms with Crippen LogP contribution in [0.3, 0.4) is 0 Å². The molecule has 4 rings (SSSR count). The Labute approximate surface area is 120 Å². The van der Waals surface area contributed by atoms with Gasteiger partial charge in [-0.25, -0.2) is 0 Å². The van der Waals surface area contributed by atoms with Gasteiger partial charge in [0.05, 0.1) is 11.8 Å². The Bertz CT molecular complexity index is 619. The van der Waals surface area contributed by atoms with Gasteiger partial charge in [-0.1, -0.05) is 30.3 Å². The Kier molecular flexibility index (Phi) is 2.85. The summed E-state index contributed by atoms with van der Waals surface area (Å²) in [6.07, 6.45) is 0. The third-order valence-corrected chi connectivity index (χ3v) is 5.84. The molecule has 0 bridgehead atoms. The molecule has 2 aromatic rings. The number of thiophene rings is 1. The standard InChI is InChI=1S/C15H14N2S2/c1-2-5-11-10(4-1)8-18-9-12-14(11)16-17-15(12)13-6-3-7-19-13/h1-7,12,15,17H,8-9H2/t12-,15+/m1/s1. The molecule has 2 nitrogen and oxygen atoms in total. The van der Waals surface area contributed by atoms with Crippen molar-refractivity contribution in [3.05, 3.63) is 57.8 Å². The molecule has 0 fully saturated rings. The lowest BCUT2D eigenvalue weighted by Gasteiger charge is -2.17. The van der Waals surface area contributed by atoms with Crippen LogP contribution in [0.4, 0.5) is 0 Å². The molecule has 3 heterocycles. The second-order valence-electron chi connectivity index (χ2n) is 4.90. The first-order valence-electron chi connectivity index (χ1n) is 6.46. The fraction of sp³-hybridized carbons (Fsp3) is 0.267. The summed E-state index contributed by atoms with van der Waals surface area (Å²) in [6.45, 7) is 0. The fourth-order valence-electron chi connectivity index (χ4n) is 2.83. The number of nitrogens with one attached hydrogen (secondary N) is 1. The maximum atomic E-state index is 4.66. The second kappa shape index (κ2) is 4.69. The smallest absolute Gasteiger partial charge is 0.0874 e. The number of rotatable bonds is 1. The molecule has 2 atom stereocenters. The molecular formula is C15H14N2S2. The number of nitrogens with zero attached hydrogens (tertiary/aromatic N) is 1. The van der Waals surface area contributed by atoms with E-state index in [4.69, 9.17) is 0 Å². The lowest BCUT2D eigenvalue weighted by molar-refractivity contribution is 0.539. The number of hydrogen-bond donors (Lipinski definition) is 1. The molecule has 0 unspecified atom stereocenters. The Morgan fingerprint density at radius 3 is 3.00 bits per heavy atom. The van der Waals surface area contributed by atoms with Gasteiger partial charge in [0.15, 0.2) is 0 Å². The predicted octanol–water partition coefficient (Wildman–Crippen LogP) is 3.66. The van der Waals surface area contributed by atoms with Gasteiger partial charge in [-0.3, -0.25) is 0 Å². The van der Waals surface area contributed by atoms with Crippen LogP contribution in [0.25, 0.3) is 0 Å². The monoisotopic (exact) mass is 286 g/mol.